The Kier molecular flexibility index (Phi) is 6.90. The Bertz CT molecular complexity index is 1260. The van der Waals surface area contributed by atoms with Gasteiger partial charge in [-0.3, -0.25) is 9.59 Å². The van der Waals surface area contributed by atoms with Gasteiger partial charge in [0.05, 0.1) is 11.1 Å². The van der Waals surface area contributed by atoms with Gasteiger partial charge in [0.1, 0.15) is 0 Å². The van der Waals surface area contributed by atoms with E-state index in [2.05, 4.69) is 0 Å². The van der Waals surface area contributed by atoms with Crippen molar-refractivity contribution in [1.82, 2.24) is 0 Å². The van der Waals surface area contributed by atoms with Crippen LogP contribution in [0.25, 0.3) is 0 Å². The van der Waals surface area contributed by atoms with Gasteiger partial charge in [-0.2, -0.15) is 26.3 Å². The molecule has 3 nitrogen and oxygen atoms in total. The predicted molar refractivity (Wildman–Crippen MR) is 115 cm³/mol. The molecule has 3 aromatic carbocycles. The van der Waals surface area contributed by atoms with Crippen molar-refractivity contribution in [3.05, 3.63) is 99.6 Å². The Morgan fingerprint density at radius 1 is 0.735 bits per heavy atom. The summed E-state index contributed by atoms with van der Waals surface area (Å²) in [5.41, 5.74) is -6.53. The zero-order valence-electron chi connectivity index (χ0n) is 17.8. The maximum absolute atomic E-state index is 13.5. The summed E-state index contributed by atoms with van der Waals surface area (Å²) in [6, 6.07) is 11.9. The number of ketones is 1. The normalized spacial score (nSPS) is 12.9. The van der Waals surface area contributed by atoms with E-state index in [1.807, 2.05) is 0 Å². The first-order chi connectivity index (χ1) is 15.7. The molecule has 0 aromatic heterocycles. The monoisotopic (exact) mass is 498 g/mol. The molecule has 3 rings (SSSR count). The Labute approximate surface area is 191 Å². The number of hydrogen-bond donors (Lipinski definition) is 0. The van der Waals surface area contributed by atoms with E-state index in [4.69, 9.17) is 0 Å². The lowest BCUT2D eigenvalue weighted by Crippen LogP contribution is -2.22. The third-order valence-electron chi connectivity index (χ3n) is 5.29. The summed E-state index contributed by atoms with van der Waals surface area (Å²) in [5, 5.41) is -0.234. The molecule has 0 aliphatic heterocycles. The van der Waals surface area contributed by atoms with Crippen molar-refractivity contribution in [1.29, 1.82) is 0 Å². The summed E-state index contributed by atoms with van der Waals surface area (Å²) in [6.45, 7) is 2.77. The Morgan fingerprint density at radius 3 is 1.76 bits per heavy atom. The SMILES string of the molecule is Cc1ccc(C(=O)c2ccccc2)c(C)c1[PH](=O)C(=O)c1c(C(F)(F)F)cccc1C(F)(F)F. The minimum Gasteiger partial charge on any atom is -0.313 e. The van der Waals surface area contributed by atoms with E-state index in [-0.39, 0.29) is 27.6 Å². The van der Waals surface area contributed by atoms with E-state index in [1.165, 1.54) is 38.1 Å². The molecule has 34 heavy (non-hydrogen) atoms. The van der Waals surface area contributed by atoms with Gasteiger partial charge in [0.2, 0.25) is 5.52 Å². The third kappa shape index (κ3) is 4.85. The number of aryl methyl sites for hydroxylation is 1. The van der Waals surface area contributed by atoms with Crippen molar-refractivity contribution in [3.63, 3.8) is 0 Å². The largest absolute Gasteiger partial charge is 0.417 e. The molecule has 0 N–H and O–H groups in total. The standard InChI is InChI=1S/C24H17F6O3P/c1-13-11-12-16(20(31)15-7-4-3-5-8-15)14(2)21(13)34(33)22(32)19-17(23(25,26)27)9-6-10-18(19)24(28,29)30/h3-12,34H,1-2H3. The van der Waals surface area contributed by atoms with Crippen molar-refractivity contribution in [3.8, 4) is 0 Å². The van der Waals surface area contributed by atoms with E-state index in [0.717, 1.165) is 0 Å². The molecular formula is C24H17F6O3P. The second-order valence-corrected chi connectivity index (χ2v) is 9.12. The smallest absolute Gasteiger partial charge is 0.313 e. The number of rotatable bonds is 5. The summed E-state index contributed by atoms with van der Waals surface area (Å²) >= 11 is 0. The first-order valence-corrected chi connectivity index (χ1v) is 11.2. The molecule has 1 unspecified atom stereocenters. The van der Waals surface area contributed by atoms with E-state index in [1.54, 1.807) is 18.2 Å². The van der Waals surface area contributed by atoms with Crippen molar-refractivity contribution < 1.29 is 40.5 Å². The van der Waals surface area contributed by atoms with Gasteiger partial charge in [-0.15, -0.1) is 0 Å². The molecule has 0 fully saturated rings. The highest BCUT2D eigenvalue weighted by atomic mass is 31.1. The van der Waals surface area contributed by atoms with Crippen molar-refractivity contribution in [2.75, 3.05) is 0 Å². The summed E-state index contributed by atoms with van der Waals surface area (Å²) in [7, 11) is -3.90. The molecule has 1 atom stereocenters. The minimum atomic E-state index is -5.29. The van der Waals surface area contributed by atoms with E-state index >= 15 is 0 Å². The predicted octanol–water partition coefficient (Wildman–Crippen LogP) is 6.60. The third-order valence-corrected chi connectivity index (χ3v) is 7.18. The lowest BCUT2D eigenvalue weighted by atomic mass is 9.97. The number of halogens is 6. The molecule has 0 saturated carbocycles. The molecular weight excluding hydrogens is 481 g/mol. The zero-order valence-corrected chi connectivity index (χ0v) is 18.8. The van der Waals surface area contributed by atoms with E-state index in [0.29, 0.717) is 18.2 Å². The van der Waals surface area contributed by atoms with Crippen LogP contribution in [0.3, 0.4) is 0 Å². The van der Waals surface area contributed by atoms with Crippen LogP contribution in [-0.2, 0) is 16.9 Å². The summed E-state index contributed by atoms with van der Waals surface area (Å²) in [5.74, 6) is -0.492. The first kappa shape index (κ1) is 25.4. The zero-order chi connectivity index (χ0) is 25.4. The molecule has 178 valence electrons. The van der Waals surface area contributed by atoms with Crippen LogP contribution < -0.4 is 5.30 Å². The molecule has 0 radical (unpaired) electrons. The van der Waals surface area contributed by atoms with Crippen LogP contribution in [0.15, 0.2) is 60.7 Å². The Hall–Kier alpha value is -3.19. The van der Waals surface area contributed by atoms with Crippen LogP contribution in [0.1, 0.15) is 48.5 Å². The molecule has 10 heteroatoms. The Balaban J connectivity index is 2.19. The van der Waals surface area contributed by atoms with E-state index < -0.39 is 48.2 Å². The maximum atomic E-state index is 13.5. The van der Waals surface area contributed by atoms with Gasteiger partial charge in [0.15, 0.2) is 13.6 Å². The average Bonchev–Trinajstić information content (AvgIpc) is 2.77. The molecule has 0 aliphatic carbocycles. The lowest BCUT2D eigenvalue weighted by molar-refractivity contribution is -0.143. The maximum Gasteiger partial charge on any atom is 0.417 e. The van der Waals surface area contributed by atoms with E-state index in [9.17, 15) is 40.5 Å². The fourth-order valence-corrected chi connectivity index (χ4v) is 5.32. The lowest BCUT2D eigenvalue weighted by Gasteiger charge is -2.19. The van der Waals surface area contributed by atoms with Crippen molar-refractivity contribution in [2.24, 2.45) is 0 Å². The number of carbonyl (C=O) groups excluding carboxylic acids is 2. The quantitative estimate of drug-likeness (QED) is 0.226. The molecule has 3 aromatic rings. The van der Waals surface area contributed by atoms with Crippen LogP contribution in [-0.4, -0.2) is 11.3 Å². The van der Waals surface area contributed by atoms with Gasteiger partial charge >= 0.3 is 12.4 Å². The highest BCUT2D eigenvalue weighted by Gasteiger charge is 2.44. The minimum absolute atomic E-state index is 0.0399. The molecule has 0 bridgehead atoms. The second-order valence-electron chi connectivity index (χ2n) is 7.51. The van der Waals surface area contributed by atoms with Gasteiger partial charge in [-0.1, -0.05) is 48.5 Å². The Morgan fingerprint density at radius 2 is 1.26 bits per heavy atom. The summed E-state index contributed by atoms with van der Waals surface area (Å²) in [6.07, 6.45) is -10.6. The average molecular weight is 498 g/mol. The second kappa shape index (κ2) is 9.22. The van der Waals surface area contributed by atoms with Crippen molar-refractivity contribution >= 4 is 24.4 Å². The molecule has 0 spiro atoms. The fraction of sp³-hybridized carbons (Fsp3) is 0.167. The van der Waals surface area contributed by atoms with Crippen LogP contribution in [0.4, 0.5) is 26.3 Å². The topological polar surface area (TPSA) is 51.2 Å². The number of benzene rings is 3. The highest BCUT2D eigenvalue weighted by molar-refractivity contribution is 7.71. The number of hydrogen-bond acceptors (Lipinski definition) is 3. The van der Waals surface area contributed by atoms with Gasteiger partial charge in [-0.05, 0) is 37.1 Å². The van der Waals surface area contributed by atoms with Crippen LogP contribution in [0.5, 0.6) is 0 Å². The fourth-order valence-electron chi connectivity index (χ4n) is 3.68. The summed E-state index contributed by atoms with van der Waals surface area (Å²) < 4.78 is 94.3. The van der Waals surface area contributed by atoms with Gasteiger partial charge in [0.25, 0.3) is 0 Å². The van der Waals surface area contributed by atoms with Gasteiger partial charge in [-0.25, -0.2) is 0 Å². The van der Waals surface area contributed by atoms with Crippen molar-refractivity contribution in [2.45, 2.75) is 26.2 Å². The first-order valence-electron chi connectivity index (χ1n) is 9.81. The van der Waals surface area contributed by atoms with Gasteiger partial charge < -0.3 is 4.57 Å². The van der Waals surface area contributed by atoms with Crippen LogP contribution in [0, 0.1) is 13.8 Å². The highest BCUT2D eigenvalue weighted by Crippen LogP contribution is 2.43. The number of alkyl halides is 6. The molecule has 0 saturated heterocycles. The molecule has 0 heterocycles. The van der Waals surface area contributed by atoms with Crippen LogP contribution in [0.2, 0.25) is 0 Å². The van der Waals surface area contributed by atoms with Crippen LogP contribution >= 0.6 is 7.80 Å². The summed E-state index contributed by atoms with van der Waals surface area (Å²) in [4.78, 5) is 25.9. The number of carbonyl (C=O) groups is 2. The van der Waals surface area contributed by atoms with Gasteiger partial charge in [0, 0.05) is 22.0 Å². The molecule has 0 amide bonds. The molecule has 0 aliphatic rings.